The van der Waals surface area contributed by atoms with Crippen molar-refractivity contribution in [2.24, 2.45) is 0 Å². The van der Waals surface area contributed by atoms with Crippen LogP contribution in [0.1, 0.15) is 30.0 Å². The third-order valence-corrected chi connectivity index (χ3v) is 5.26. The van der Waals surface area contributed by atoms with Crippen LogP contribution in [0.15, 0.2) is 60.7 Å². The molecule has 0 radical (unpaired) electrons. The first-order valence-corrected chi connectivity index (χ1v) is 10.1. The third-order valence-electron chi connectivity index (χ3n) is 5.26. The van der Waals surface area contributed by atoms with Crippen LogP contribution in [0.5, 0.6) is 0 Å². The lowest BCUT2D eigenvalue weighted by Gasteiger charge is -2.39. The van der Waals surface area contributed by atoms with E-state index in [1.54, 1.807) is 0 Å². The molecule has 1 N–H and O–H groups in total. The zero-order valence-electron chi connectivity index (χ0n) is 16.9. The Bertz CT molecular complexity index is 735. The molecule has 29 heavy (non-hydrogen) atoms. The van der Waals surface area contributed by atoms with Crippen molar-refractivity contribution in [1.29, 1.82) is 0 Å². The number of piperazine rings is 1. The Morgan fingerprint density at radius 1 is 0.931 bits per heavy atom. The average molecular weight is 396 g/mol. The van der Waals surface area contributed by atoms with Crippen LogP contribution in [0.2, 0.25) is 0 Å². The number of hydrogen-bond donors (Lipinski definition) is 1. The van der Waals surface area contributed by atoms with Crippen LogP contribution < -0.4 is 5.32 Å². The van der Waals surface area contributed by atoms with Gasteiger partial charge in [-0.05, 0) is 17.5 Å². The van der Waals surface area contributed by atoms with Crippen LogP contribution in [0.3, 0.4) is 0 Å². The van der Waals surface area contributed by atoms with Gasteiger partial charge in [-0.2, -0.15) is 0 Å². The molecule has 1 fully saturated rings. The summed E-state index contributed by atoms with van der Waals surface area (Å²) in [5, 5.41) is 2.90. The maximum Gasteiger partial charge on any atom is 0.317 e. The summed E-state index contributed by atoms with van der Waals surface area (Å²) in [6.45, 7) is 3.46. The molecule has 0 saturated carbocycles. The van der Waals surface area contributed by atoms with E-state index >= 15 is 0 Å². The SMILES string of the molecule is COC(=O)CCCNC(=O)N1CCN(C(c2ccccc2)c2ccccc2)CC1. The number of methoxy groups -OCH3 is 1. The molecule has 6 heteroatoms. The fourth-order valence-electron chi connectivity index (χ4n) is 3.71. The molecule has 0 aliphatic carbocycles. The van der Waals surface area contributed by atoms with Crippen molar-refractivity contribution in [3.63, 3.8) is 0 Å². The third kappa shape index (κ3) is 5.81. The van der Waals surface area contributed by atoms with Gasteiger partial charge in [0.15, 0.2) is 0 Å². The molecule has 1 aliphatic rings. The van der Waals surface area contributed by atoms with Crippen molar-refractivity contribution in [1.82, 2.24) is 15.1 Å². The fourth-order valence-corrected chi connectivity index (χ4v) is 3.71. The van der Waals surface area contributed by atoms with Crippen molar-refractivity contribution in [3.05, 3.63) is 71.8 Å². The van der Waals surface area contributed by atoms with Crippen LogP contribution >= 0.6 is 0 Å². The summed E-state index contributed by atoms with van der Waals surface area (Å²) < 4.78 is 4.61. The zero-order valence-corrected chi connectivity index (χ0v) is 16.9. The molecule has 2 amide bonds. The van der Waals surface area contributed by atoms with E-state index < -0.39 is 0 Å². The number of ether oxygens (including phenoxy) is 1. The van der Waals surface area contributed by atoms with E-state index in [9.17, 15) is 9.59 Å². The highest BCUT2D eigenvalue weighted by molar-refractivity contribution is 5.74. The standard InChI is InChI=1S/C23H29N3O3/c1-29-21(27)13-8-14-24-23(28)26-17-15-25(16-18-26)22(19-9-4-2-5-10-19)20-11-6-3-7-12-20/h2-7,9-12,22H,8,13-18H2,1H3,(H,24,28). The van der Waals surface area contributed by atoms with Crippen LogP contribution in [0.25, 0.3) is 0 Å². The molecule has 6 nitrogen and oxygen atoms in total. The van der Waals surface area contributed by atoms with Gasteiger partial charge < -0.3 is 15.0 Å². The van der Waals surface area contributed by atoms with Crippen LogP contribution in [0.4, 0.5) is 4.79 Å². The maximum atomic E-state index is 12.4. The molecule has 0 atom stereocenters. The Balaban J connectivity index is 1.56. The minimum Gasteiger partial charge on any atom is -0.469 e. The Morgan fingerprint density at radius 2 is 1.48 bits per heavy atom. The van der Waals surface area contributed by atoms with Gasteiger partial charge in [0.1, 0.15) is 0 Å². The highest BCUT2D eigenvalue weighted by Gasteiger charge is 2.27. The smallest absolute Gasteiger partial charge is 0.317 e. The first-order chi connectivity index (χ1) is 14.2. The van der Waals surface area contributed by atoms with Gasteiger partial charge in [0.25, 0.3) is 0 Å². The molecule has 0 aromatic heterocycles. The fraction of sp³-hybridized carbons (Fsp3) is 0.391. The van der Waals surface area contributed by atoms with Crippen molar-refractivity contribution >= 4 is 12.0 Å². The molecular weight excluding hydrogens is 366 g/mol. The number of hydrogen-bond acceptors (Lipinski definition) is 4. The summed E-state index contributed by atoms with van der Waals surface area (Å²) in [4.78, 5) is 27.8. The van der Waals surface area contributed by atoms with Gasteiger partial charge in [-0.3, -0.25) is 9.69 Å². The van der Waals surface area contributed by atoms with Gasteiger partial charge in [0.05, 0.1) is 13.2 Å². The summed E-state index contributed by atoms with van der Waals surface area (Å²) in [5.41, 5.74) is 2.53. The van der Waals surface area contributed by atoms with E-state index in [1.165, 1.54) is 18.2 Å². The van der Waals surface area contributed by atoms with Crippen molar-refractivity contribution in [3.8, 4) is 0 Å². The summed E-state index contributed by atoms with van der Waals surface area (Å²) in [5.74, 6) is -0.249. The maximum absolute atomic E-state index is 12.4. The van der Waals surface area contributed by atoms with Gasteiger partial charge in [-0.15, -0.1) is 0 Å². The second-order valence-corrected chi connectivity index (χ2v) is 7.16. The lowest BCUT2D eigenvalue weighted by atomic mass is 9.96. The molecule has 1 saturated heterocycles. The first-order valence-electron chi connectivity index (χ1n) is 10.1. The van der Waals surface area contributed by atoms with Crippen LogP contribution in [0, 0.1) is 0 Å². The van der Waals surface area contributed by atoms with E-state index in [1.807, 2.05) is 17.0 Å². The van der Waals surface area contributed by atoms with E-state index in [-0.39, 0.29) is 18.0 Å². The van der Waals surface area contributed by atoms with Crippen LogP contribution in [-0.2, 0) is 9.53 Å². The van der Waals surface area contributed by atoms with Gasteiger partial charge in [-0.25, -0.2) is 4.79 Å². The first kappa shape index (κ1) is 20.9. The largest absolute Gasteiger partial charge is 0.469 e. The summed E-state index contributed by atoms with van der Waals surface area (Å²) in [6, 6.07) is 21.1. The predicted octanol–water partition coefficient (Wildman–Crippen LogP) is 3.06. The summed E-state index contributed by atoms with van der Waals surface area (Å²) in [7, 11) is 1.37. The van der Waals surface area contributed by atoms with Gasteiger partial charge >= 0.3 is 12.0 Å². The lowest BCUT2D eigenvalue weighted by molar-refractivity contribution is -0.140. The Morgan fingerprint density at radius 3 is 2.00 bits per heavy atom. The van der Waals surface area contributed by atoms with Gasteiger partial charge in [-0.1, -0.05) is 60.7 Å². The second kappa shape index (κ2) is 10.6. The Labute approximate surface area is 172 Å². The number of rotatable bonds is 7. The molecule has 2 aromatic carbocycles. The summed E-state index contributed by atoms with van der Waals surface area (Å²) >= 11 is 0. The van der Waals surface area contributed by atoms with E-state index in [0.717, 1.165) is 13.1 Å². The highest BCUT2D eigenvalue weighted by atomic mass is 16.5. The number of carbonyl (C=O) groups excluding carboxylic acids is 2. The zero-order chi connectivity index (χ0) is 20.5. The molecule has 0 unspecified atom stereocenters. The van der Waals surface area contributed by atoms with Crippen molar-refractivity contribution in [2.45, 2.75) is 18.9 Å². The minimum atomic E-state index is -0.249. The second-order valence-electron chi connectivity index (χ2n) is 7.16. The molecular formula is C23H29N3O3. The number of benzene rings is 2. The quantitative estimate of drug-likeness (QED) is 0.578. The van der Waals surface area contributed by atoms with Crippen molar-refractivity contribution < 1.29 is 14.3 Å². The van der Waals surface area contributed by atoms with E-state index in [4.69, 9.17) is 0 Å². The number of amides is 2. The molecule has 0 bridgehead atoms. The number of nitrogens with zero attached hydrogens (tertiary/aromatic N) is 2. The van der Waals surface area contributed by atoms with E-state index in [0.29, 0.717) is 32.5 Å². The summed E-state index contributed by atoms with van der Waals surface area (Å²) in [6.07, 6.45) is 0.906. The molecule has 154 valence electrons. The predicted molar refractivity (Wildman–Crippen MR) is 113 cm³/mol. The highest BCUT2D eigenvalue weighted by Crippen LogP contribution is 2.29. The number of esters is 1. The number of nitrogens with one attached hydrogen (secondary N) is 1. The average Bonchev–Trinajstić information content (AvgIpc) is 2.78. The Kier molecular flexibility index (Phi) is 7.64. The monoisotopic (exact) mass is 395 g/mol. The normalized spacial score (nSPS) is 14.6. The molecule has 0 spiro atoms. The molecule has 2 aromatic rings. The number of urea groups is 1. The topological polar surface area (TPSA) is 61.9 Å². The molecule has 1 aliphatic heterocycles. The van der Waals surface area contributed by atoms with Crippen molar-refractivity contribution in [2.75, 3.05) is 39.8 Å². The minimum absolute atomic E-state index is 0.0644. The van der Waals surface area contributed by atoms with Crippen LogP contribution in [-0.4, -0.2) is 61.6 Å². The Hall–Kier alpha value is -2.86. The van der Waals surface area contributed by atoms with Gasteiger partial charge in [0, 0.05) is 39.1 Å². The molecule has 1 heterocycles. The molecule has 3 rings (SSSR count). The lowest BCUT2D eigenvalue weighted by Crippen LogP contribution is -2.52. The van der Waals surface area contributed by atoms with Gasteiger partial charge in [0.2, 0.25) is 0 Å². The van der Waals surface area contributed by atoms with E-state index in [2.05, 4.69) is 63.5 Å². The number of carbonyl (C=O) groups is 2.